The van der Waals surface area contributed by atoms with Gasteiger partial charge in [0.1, 0.15) is 6.61 Å². The SMILES string of the molecule is CCOC(=O)COC1CC=CC1CN1C(c2ccccc2)=CC2CC(OC)=CC=C21. The number of hydrogen-bond acceptors (Lipinski definition) is 5. The van der Waals surface area contributed by atoms with Crippen molar-refractivity contribution in [3.05, 3.63) is 77.7 Å². The van der Waals surface area contributed by atoms with Gasteiger partial charge < -0.3 is 19.1 Å². The number of carbonyl (C=O) groups excluding carboxylic acids is 1. The Morgan fingerprint density at radius 3 is 2.80 bits per heavy atom. The van der Waals surface area contributed by atoms with Crippen LogP contribution < -0.4 is 0 Å². The van der Waals surface area contributed by atoms with Crippen molar-refractivity contribution in [3.63, 3.8) is 0 Å². The predicted molar refractivity (Wildman–Crippen MR) is 116 cm³/mol. The van der Waals surface area contributed by atoms with Crippen molar-refractivity contribution in [2.75, 3.05) is 26.9 Å². The number of fused-ring (bicyclic) bond motifs is 1. The van der Waals surface area contributed by atoms with Gasteiger partial charge in [-0.3, -0.25) is 0 Å². The summed E-state index contributed by atoms with van der Waals surface area (Å²) in [4.78, 5) is 14.1. The quantitative estimate of drug-likeness (QED) is 0.475. The fraction of sp³-hybridized carbons (Fsp3) is 0.400. The molecule has 5 heteroatoms. The monoisotopic (exact) mass is 407 g/mol. The molecule has 0 aromatic heterocycles. The summed E-state index contributed by atoms with van der Waals surface area (Å²) in [5, 5.41) is 0. The van der Waals surface area contributed by atoms with E-state index < -0.39 is 0 Å². The van der Waals surface area contributed by atoms with Crippen molar-refractivity contribution in [2.24, 2.45) is 11.8 Å². The molecule has 0 bridgehead atoms. The van der Waals surface area contributed by atoms with Crippen LogP contribution in [0.3, 0.4) is 0 Å². The molecular formula is C25H29NO4. The number of carbonyl (C=O) groups is 1. The van der Waals surface area contributed by atoms with Crippen molar-refractivity contribution in [1.82, 2.24) is 4.90 Å². The highest BCUT2D eigenvalue weighted by molar-refractivity contribution is 5.71. The van der Waals surface area contributed by atoms with E-state index in [0.29, 0.717) is 12.5 Å². The van der Waals surface area contributed by atoms with Gasteiger partial charge in [-0.1, -0.05) is 48.6 Å². The first-order valence-corrected chi connectivity index (χ1v) is 10.6. The third-order valence-corrected chi connectivity index (χ3v) is 5.88. The van der Waals surface area contributed by atoms with E-state index in [1.807, 2.05) is 6.07 Å². The predicted octanol–water partition coefficient (Wildman–Crippen LogP) is 4.30. The van der Waals surface area contributed by atoms with E-state index in [1.165, 1.54) is 17.0 Å². The molecule has 1 aliphatic heterocycles. The van der Waals surface area contributed by atoms with Crippen molar-refractivity contribution in [1.29, 1.82) is 0 Å². The highest BCUT2D eigenvalue weighted by Crippen LogP contribution is 2.42. The zero-order chi connectivity index (χ0) is 20.9. The first-order chi connectivity index (χ1) is 14.7. The maximum absolute atomic E-state index is 11.7. The molecule has 0 fully saturated rings. The van der Waals surface area contributed by atoms with Gasteiger partial charge in [0.2, 0.25) is 0 Å². The fourth-order valence-electron chi connectivity index (χ4n) is 4.41. The number of ether oxygens (including phenoxy) is 3. The Bertz CT molecular complexity index is 884. The Balaban J connectivity index is 1.53. The number of rotatable bonds is 8. The van der Waals surface area contributed by atoms with Crippen molar-refractivity contribution in [2.45, 2.75) is 25.9 Å². The summed E-state index contributed by atoms with van der Waals surface area (Å²) in [5.41, 5.74) is 3.72. The molecule has 0 saturated heterocycles. The minimum Gasteiger partial charge on any atom is -0.501 e. The number of nitrogens with zero attached hydrogens (tertiary/aromatic N) is 1. The van der Waals surface area contributed by atoms with Crippen LogP contribution in [-0.4, -0.2) is 43.8 Å². The molecule has 0 spiro atoms. The standard InChI is InChI=1S/C25H29NO4/c1-3-29-25(27)17-30-24-11-7-10-19(24)16-26-22-13-12-21(28-2)14-20(22)15-23(26)18-8-5-4-6-9-18/h4-10,12-13,15,19-20,24H,3,11,14,16-17H2,1-2H3. The molecule has 1 aromatic rings. The molecule has 3 atom stereocenters. The Morgan fingerprint density at radius 2 is 2.03 bits per heavy atom. The second-order valence-electron chi connectivity index (χ2n) is 7.75. The summed E-state index contributed by atoms with van der Waals surface area (Å²) < 4.78 is 16.4. The maximum atomic E-state index is 11.7. The minimum absolute atomic E-state index is 0.00330. The number of esters is 1. The molecule has 1 heterocycles. The molecule has 1 aromatic carbocycles. The number of benzene rings is 1. The van der Waals surface area contributed by atoms with Gasteiger partial charge in [-0.05, 0) is 31.1 Å². The van der Waals surface area contributed by atoms with Gasteiger partial charge in [0.15, 0.2) is 0 Å². The zero-order valence-corrected chi connectivity index (χ0v) is 17.6. The van der Waals surface area contributed by atoms with E-state index in [1.54, 1.807) is 14.0 Å². The van der Waals surface area contributed by atoms with Gasteiger partial charge in [-0.2, -0.15) is 0 Å². The van der Waals surface area contributed by atoms with E-state index in [0.717, 1.165) is 25.1 Å². The summed E-state index contributed by atoms with van der Waals surface area (Å²) in [7, 11) is 1.73. The summed E-state index contributed by atoms with van der Waals surface area (Å²) in [6, 6.07) is 10.5. The highest BCUT2D eigenvalue weighted by Gasteiger charge is 2.35. The van der Waals surface area contributed by atoms with Crippen molar-refractivity contribution >= 4 is 11.7 Å². The first-order valence-electron chi connectivity index (χ1n) is 10.6. The molecule has 2 aliphatic carbocycles. The van der Waals surface area contributed by atoms with Crippen molar-refractivity contribution in [3.8, 4) is 0 Å². The van der Waals surface area contributed by atoms with Crippen LogP contribution in [0.25, 0.3) is 5.70 Å². The molecular weight excluding hydrogens is 378 g/mol. The van der Waals surface area contributed by atoms with Gasteiger partial charge in [0.05, 0.1) is 25.6 Å². The molecule has 5 nitrogen and oxygen atoms in total. The molecule has 158 valence electrons. The second-order valence-corrected chi connectivity index (χ2v) is 7.75. The van der Waals surface area contributed by atoms with Gasteiger partial charge in [-0.15, -0.1) is 0 Å². The van der Waals surface area contributed by atoms with Crippen LogP contribution in [0.5, 0.6) is 0 Å². The second kappa shape index (κ2) is 9.35. The van der Waals surface area contributed by atoms with Crippen LogP contribution in [0.15, 0.2) is 72.2 Å². The lowest BCUT2D eigenvalue weighted by molar-refractivity contribution is -0.151. The van der Waals surface area contributed by atoms with E-state index in [2.05, 4.69) is 59.5 Å². The molecule has 0 amide bonds. The fourth-order valence-corrected chi connectivity index (χ4v) is 4.41. The molecule has 3 unspecified atom stereocenters. The summed E-state index contributed by atoms with van der Waals surface area (Å²) in [6.07, 6.45) is 12.6. The van der Waals surface area contributed by atoms with Crippen LogP contribution in [0.4, 0.5) is 0 Å². The highest BCUT2D eigenvalue weighted by atomic mass is 16.6. The third kappa shape index (κ3) is 4.36. The normalized spacial score (nSPS) is 24.8. The molecule has 4 rings (SSSR count). The van der Waals surface area contributed by atoms with Crippen LogP contribution in [0.2, 0.25) is 0 Å². The van der Waals surface area contributed by atoms with Gasteiger partial charge in [-0.25, -0.2) is 4.79 Å². The lowest BCUT2D eigenvalue weighted by Gasteiger charge is -2.32. The van der Waals surface area contributed by atoms with Crippen LogP contribution in [0.1, 0.15) is 25.3 Å². The lowest BCUT2D eigenvalue weighted by atomic mass is 9.96. The minimum atomic E-state index is -0.304. The smallest absolute Gasteiger partial charge is 0.332 e. The molecule has 30 heavy (non-hydrogen) atoms. The van der Waals surface area contributed by atoms with Gasteiger partial charge in [0.25, 0.3) is 0 Å². The van der Waals surface area contributed by atoms with Gasteiger partial charge in [0, 0.05) is 36.2 Å². The average Bonchev–Trinajstić information content (AvgIpc) is 3.37. The van der Waals surface area contributed by atoms with E-state index >= 15 is 0 Å². The van der Waals surface area contributed by atoms with E-state index in [-0.39, 0.29) is 24.6 Å². The Labute approximate surface area is 178 Å². The van der Waals surface area contributed by atoms with Gasteiger partial charge >= 0.3 is 5.97 Å². The Morgan fingerprint density at radius 1 is 1.20 bits per heavy atom. The number of methoxy groups -OCH3 is 1. The zero-order valence-electron chi connectivity index (χ0n) is 17.6. The van der Waals surface area contributed by atoms with E-state index in [4.69, 9.17) is 14.2 Å². The summed E-state index contributed by atoms with van der Waals surface area (Å²) >= 11 is 0. The van der Waals surface area contributed by atoms with E-state index in [9.17, 15) is 4.79 Å². The Kier molecular flexibility index (Phi) is 6.38. The largest absolute Gasteiger partial charge is 0.501 e. The summed E-state index contributed by atoms with van der Waals surface area (Å²) in [5.74, 6) is 1.22. The maximum Gasteiger partial charge on any atom is 0.332 e. The number of hydrogen-bond donors (Lipinski definition) is 0. The molecule has 0 saturated carbocycles. The Hall–Kier alpha value is -2.79. The summed E-state index contributed by atoms with van der Waals surface area (Å²) in [6.45, 7) is 2.99. The first kappa shape index (κ1) is 20.5. The topological polar surface area (TPSA) is 48.0 Å². The molecule has 0 N–H and O–H groups in total. The van der Waals surface area contributed by atoms with Crippen LogP contribution in [0, 0.1) is 11.8 Å². The molecule has 3 aliphatic rings. The molecule has 0 radical (unpaired) electrons. The third-order valence-electron chi connectivity index (χ3n) is 5.88. The average molecular weight is 408 g/mol. The van der Waals surface area contributed by atoms with Crippen molar-refractivity contribution < 1.29 is 19.0 Å². The van der Waals surface area contributed by atoms with Crippen LogP contribution >= 0.6 is 0 Å². The van der Waals surface area contributed by atoms with Crippen LogP contribution in [-0.2, 0) is 19.0 Å². The lowest BCUT2D eigenvalue weighted by Crippen LogP contribution is -2.33. The number of allylic oxidation sites excluding steroid dienone is 4.